The molecule has 0 unspecified atom stereocenters. The van der Waals surface area contributed by atoms with Gasteiger partial charge >= 0.3 is 0 Å². The van der Waals surface area contributed by atoms with E-state index < -0.39 is 0 Å². The van der Waals surface area contributed by atoms with Crippen LogP contribution in [0.3, 0.4) is 0 Å². The van der Waals surface area contributed by atoms with Crippen LogP contribution in [-0.2, 0) is 0 Å². The quantitative estimate of drug-likeness (QED) is 0.604. The van der Waals surface area contributed by atoms with Crippen molar-refractivity contribution < 1.29 is 0 Å². The fraction of sp³-hybridized carbons (Fsp3) is 1.00. The monoisotopic (exact) mass is 232 g/mol. The molecule has 0 amide bonds. The van der Waals surface area contributed by atoms with Crippen LogP contribution < -0.4 is 0 Å². The fourth-order valence-electron chi connectivity index (χ4n) is 0. The smallest absolute Gasteiger partial charge is 0.114 e. The highest BCUT2D eigenvalue weighted by Gasteiger charge is 1.58. The Kier molecular flexibility index (Phi) is 41.9. The molecule has 0 N–H and O–H groups in total. The van der Waals surface area contributed by atoms with Crippen molar-refractivity contribution in [3.8, 4) is 0 Å². The normalized spacial score (nSPS) is 4.83. The summed E-state index contributed by atoms with van der Waals surface area (Å²) >= 11 is 1.39. The standard InChI is InChI=1S/C3H7.Al.2BrH.2H/c1-3-2;;;;;/h1,3H2,2H3;;2*1H;;. The number of hydrogen-bond acceptors (Lipinski definition) is 0. The van der Waals surface area contributed by atoms with Gasteiger partial charge in [0, 0.05) is 0 Å². The lowest BCUT2D eigenvalue weighted by molar-refractivity contribution is 1.08. The molecule has 0 saturated heterocycles. The minimum Gasteiger partial charge on any atom is -0.114 e. The molecular weight excluding hydrogens is 223 g/mol. The Morgan fingerprint density at radius 1 is 1.33 bits per heavy atom. The number of rotatable bonds is 1. The molecular formula is C3H11AlBr2. The number of halogens is 2. The molecule has 0 atom stereocenters. The summed E-state index contributed by atoms with van der Waals surface area (Å²) in [6.07, 6.45) is 1.38. The van der Waals surface area contributed by atoms with Crippen LogP contribution in [0.2, 0.25) is 5.28 Å². The van der Waals surface area contributed by atoms with Gasteiger partial charge in [0.2, 0.25) is 16.3 Å². The van der Waals surface area contributed by atoms with Crippen LogP contribution in [0.25, 0.3) is 0 Å². The summed E-state index contributed by atoms with van der Waals surface area (Å²) in [4.78, 5) is 0. The van der Waals surface area contributed by atoms with Crippen LogP contribution >= 0.6 is 34.0 Å². The third-order valence-electron chi connectivity index (χ3n) is 0.500. The summed E-state index contributed by atoms with van der Waals surface area (Å²) in [5.41, 5.74) is 0. The molecule has 6 heavy (non-hydrogen) atoms. The van der Waals surface area contributed by atoms with Crippen molar-refractivity contribution >= 4 is 50.3 Å². The van der Waals surface area contributed by atoms with Gasteiger partial charge < -0.3 is 0 Å². The highest BCUT2D eigenvalue weighted by atomic mass is 79.9. The highest BCUT2D eigenvalue weighted by molar-refractivity contribution is 8.93. The summed E-state index contributed by atoms with van der Waals surface area (Å²) in [6.45, 7) is 2.22. The SMILES string of the molecule is Br.Br.CC[CH2][AlH2]. The van der Waals surface area contributed by atoms with Gasteiger partial charge in [-0.25, -0.2) is 0 Å². The Balaban J connectivity index is -0.0000000450. The fourth-order valence-corrected chi connectivity index (χ4v) is 0. The maximum Gasteiger partial charge on any atom is 0.211 e. The molecule has 0 aromatic carbocycles. The van der Waals surface area contributed by atoms with E-state index in [1.807, 2.05) is 0 Å². The zero-order valence-corrected chi connectivity index (χ0v) is 9.66. The lowest BCUT2D eigenvalue weighted by atomic mass is 10.6. The molecule has 0 bridgehead atoms. The Bertz CT molecular complexity index is 10.8. The molecule has 0 aromatic rings. The number of hydrogen-bond donors (Lipinski definition) is 0. The van der Waals surface area contributed by atoms with Gasteiger partial charge in [0.1, 0.15) is 0 Å². The molecule has 0 rings (SSSR count). The maximum absolute atomic E-state index is 2.22. The van der Waals surface area contributed by atoms with Crippen LogP contribution in [0.4, 0.5) is 0 Å². The Hall–Kier alpha value is 1.49. The van der Waals surface area contributed by atoms with Gasteiger partial charge in [0.15, 0.2) is 0 Å². The van der Waals surface area contributed by atoms with E-state index in [4.69, 9.17) is 0 Å². The average Bonchev–Trinajstić information content (AvgIpc) is 1.37. The highest BCUT2D eigenvalue weighted by Crippen LogP contribution is 1.73. The molecule has 0 aliphatic carbocycles. The first kappa shape index (κ1) is 15.6. The Morgan fingerprint density at radius 3 is 1.50 bits per heavy atom. The second-order valence-corrected chi connectivity index (χ2v) is 2.00. The predicted octanol–water partition coefficient (Wildman–Crippen LogP) is 1.60. The van der Waals surface area contributed by atoms with Crippen molar-refractivity contribution in [3.63, 3.8) is 0 Å². The van der Waals surface area contributed by atoms with Crippen molar-refractivity contribution in [2.75, 3.05) is 0 Å². The summed E-state index contributed by atoms with van der Waals surface area (Å²) < 4.78 is 0. The van der Waals surface area contributed by atoms with E-state index in [0.29, 0.717) is 0 Å². The Morgan fingerprint density at radius 2 is 1.50 bits per heavy atom. The van der Waals surface area contributed by atoms with Crippen molar-refractivity contribution in [1.29, 1.82) is 0 Å². The first-order valence-corrected chi connectivity index (χ1v) is 3.33. The molecule has 0 fully saturated rings. The second-order valence-electron chi connectivity index (χ2n) is 1.000. The van der Waals surface area contributed by atoms with Crippen LogP contribution in [0, 0.1) is 0 Å². The van der Waals surface area contributed by atoms with Gasteiger partial charge in [-0.05, 0) is 0 Å². The maximum atomic E-state index is 2.22. The molecule has 40 valence electrons. The molecule has 0 radical (unpaired) electrons. The second kappa shape index (κ2) is 16.1. The zero-order valence-electron chi connectivity index (χ0n) is 4.23. The van der Waals surface area contributed by atoms with Gasteiger partial charge in [-0.2, -0.15) is 0 Å². The van der Waals surface area contributed by atoms with Gasteiger partial charge in [-0.1, -0.05) is 13.3 Å². The molecule has 0 spiro atoms. The van der Waals surface area contributed by atoms with Gasteiger partial charge in [0.25, 0.3) is 0 Å². The first-order valence-electron chi connectivity index (χ1n) is 1.91. The summed E-state index contributed by atoms with van der Waals surface area (Å²) in [5, 5.41) is 1.46. The molecule has 0 nitrogen and oxygen atoms in total. The van der Waals surface area contributed by atoms with Gasteiger partial charge in [0.05, 0.1) is 0 Å². The Labute approximate surface area is 68.7 Å². The van der Waals surface area contributed by atoms with Crippen molar-refractivity contribution in [2.45, 2.75) is 18.6 Å². The third kappa shape index (κ3) is 17.8. The molecule has 3 heteroatoms. The largest absolute Gasteiger partial charge is 0.211 e. The van der Waals surface area contributed by atoms with E-state index >= 15 is 0 Å². The van der Waals surface area contributed by atoms with E-state index in [0.717, 1.165) is 0 Å². The summed E-state index contributed by atoms with van der Waals surface area (Å²) in [6, 6.07) is 0. The van der Waals surface area contributed by atoms with Crippen LogP contribution in [0.1, 0.15) is 13.3 Å². The van der Waals surface area contributed by atoms with E-state index in [2.05, 4.69) is 6.92 Å². The van der Waals surface area contributed by atoms with Crippen molar-refractivity contribution in [2.24, 2.45) is 0 Å². The lowest BCUT2D eigenvalue weighted by Gasteiger charge is -1.66. The zero-order chi connectivity index (χ0) is 3.41. The lowest BCUT2D eigenvalue weighted by Crippen LogP contribution is -1.55. The van der Waals surface area contributed by atoms with E-state index in [1.165, 1.54) is 28.0 Å². The average molecular weight is 234 g/mol. The van der Waals surface area contributed by atoms with E-state index in [9.17, 15) is 0 Å². The van der Waals surface area contributed by atoms with E-state index in [1.54, 1.807) is 0 Å². The van der Waals surface area contributed by atoms with Crippen molar-refractivity contribution in [3.05, 3.63) is 0 Å². The topological polar surface area (TPSA) is 0 Å². The van der Waals surface area contributed by atoms with Gasteiger partial charge in [-0.3, -0.25) is 0 Å². The molecule has 0 heterocycles. The molecule has 0 aliphatic rings. The molecule has 0 aliphatic heterocycles. The van der Waals surface area contributed by atoms with E-state index in [-0.39, 0.29) is 34.0 Å². The van der Waals surface area contributed by atoms with Crippen LogP contribution in [0.5, 0.6) is 0 Å². The third-order valence-corrected chi connectivity index (χ3v) is 1.50. The van der Waals surface area contributed by atoms with Crippen LogP contribution in [0.15, 0.2) is 0 Å². The minimum atomic E-state index is 0. The predicted molar refractivity (Wildman–Crippen MR) is 44.3 cm³/mol. The van der Waals surface area contributed by atoms with Crippen molar-refractivity contribution in [1.82, 2.24) is 0 Å². The minimum absolute atomic E-state index is 0. The molecule has 0 saturated carbocycles. The van der Waals surface area contributed by atoms with Crippen LogP contribution in [-0.4, -0.2) is 16.3 Å². The first-order chi connectivity index (χ1) is 1.91. The van der Waals surface area contributed by atoms with Gasteiger partial charge in [-0.15, -0.1) is 39.2 Å². The molecule has 0 aromatic heterocycles. The summed E-state index contributed by atoms with van der Waals surface area (Å²) in [5.74, 6) is 0. The summed E-state index contributed by atoms with van der Waals surface area (Å²) in [7, 11) is 0.